The van der Waals surface area contributed by atoms with Gasteiger partial charge in [0.1, 0.15) is 6.61 Å². The Bertz CT molecular complexity index is 641. The zero-order chi connectivity index (χ0) is 18.7. The first kappa shape index (κ1) is 18.9. The molecule has 2 N–H and O–H groups in total. The minimum Gasteiger partial charge on any atom is -0.356 e. The van der Waals surface area contributed by atoms with Gasteiger partial charge in [0.25, 0.3) is 5.91 Å². The molecule has 2 atom stereocenters. The van der Waals surface area contributed by atoms with Crippen LogP contribution in [-0.2, 0) is 14.3 Å². The van der Waals surface area contributed by atoms with Crippen molar-refractivity contribution in [3.8, 4) is 0 Å². The minimum atomic E-state index is -0.704. The third-order valence-corrected chi connectivity index (χ3v) is 5.35. The van der Waals surface area contributed by atoms with Gasteiger partial charge >= 0.3 is 0 Å². The van der Waals surface area contributed by atoms with Crippen molar-refractivity contribution >= 4 is 11.8 Å². The van der Waals surface area contributed by atoms with Crippen LogP contribution in [0, 0.1) is 0 Å². The maximum absolute atomic E-state index is 13.1. The van der Waals surface area contributed by atoms with Crippen LogP contribution in [0.2, 0.25) is 0 Å². The van der Waals surface area contributed by atoms with Crippen molar-refractivity contribution in [2.24, 2.45) is 0 Å². The summed E-state index contributed by atoms with van der Waals surface area (Å²) in [4.78, 5) is 27.4. The quantitative estimate of drug-likeness (QED) is 0.857. The summed E-state index contributed by atoms with van der Waals surface area (Å²) < 4.78 is 5.77. The highest BCUT2D eigenvalue weighted by atomic mass is 16.5. The minimum absolute atomic E-state index is 0.0126. The summed E-state index contributed by atoms with van der Waals surface area (Å²) in [7, 11) is 0. The molecular weight excluding hydrogens is 330 g/mol. The molecule has 2 aliphatic rings. The Labute approximate surface area is 155 Å². The summed E-state index contributed by atoms with van der Waals surface area (Å²) >= 11 is 0. The van der Waals surface area contributed by atoms with Crippen molar-refractivity contribution in [3.05, 3.63) is 35.9 Å². The summed E-state index contributed by atoms with van der Waals surface area (Å²) in [6.07, 6.45) is 1.06. The Morgan fingerprint density at radius 3 is 2.54 bits per heavy atom. The molecule has 2 fully saturated rings. The van der Waals surface area contributed by atoms with Gasteiger partial charge < -0.3 is 20.3 Å². The molecule has 2 aliphatic heterocycles. The Kier molecular flexibility index (Phi) is 5.63. The number of ether oxygens (including phenoxy) is 1. The van der Waals surface area contributed by atoms with E-state index in [0.717, 1.165) is 31.5 Å². The van der Waals surface area contributed by atoms with Crippen LogP contribution in [0.3, 0.4) is 0 Å². The van der Waals surface area contributed by atoms with E-state index in [-0.39, 0.29) is 30.0 Å². The van der Waals surface area contributed by atoms with Gasteiger partial charge in [0, 0.05) is 11.6 Å². The zero-order valence-corrected chi connectivity index (χ0v) is 15.8. The monoisotopic (exact) mass is 359 g/mol. The number of amides is 2. The van der Waals surface area contributed by atoms with Crippen LogP contribution in [0.15, 0.2) is 30.3 Å². The molecular formula is C20H29N3O3. The fourth-order valence-electron chi connectivity index (χ4n) is 3.91. The van der Waals surface area contributed by atoms with Crippen molar-refractivity contribution in [3.63, 3.8) is 0 Å². The highest BCUT2D eigenvalue weighted by Gasteiger charge is 2.44. The molecule has 0 aromatic heterocycles. The third-order valence-electron chi connectivity index (χ3n) is 5.35. The normalized spacial score (nSPS) is 26.0. The predicted octanol–water partition coefficient (Wildman–Crippen LogP) is 1.62. The van der Waals surface area contributed by atoms with Crippen LogP contribution < -0.4 is 10.6 Å². The number of morpholine rings is 1. The Morgan fingerprint density at radius 1 is 1.27 bits per heavy atom. The van der Waals surface area contributed by atoms with E-state index in [2.05, 4.69) is 17.6 Å². The molecule has 0 unspecified atom stereocenters. The Hall–Kier alpha value is -1.92. The second-order valence-electron chi connectivity index (χ2n) is 7.78. The molecule has 0 saturated carbocycles. The number of nitrogens with zero attached hydrogens (tertiary/aromatic N) is 1. The summed E-state index contributed by atoms with van der Waals surface area (Å²) in [5.41, 5.74) is 0.682. The van der Waals surface area contributed by atoms with Crippen molar-refractivity contribution in [1.82, 2.24) is 15.5 Å². The molecule has 2 amide bonds. The van der Waals surface area contributed by atoms with E-state index in [4.69, 9.17) is 4.74 Å². The lowest BCUT2D eigenvalue weighted by atomic mass is 9.89. The molecule has 26 heavy (non-hydrogen) atoms. The van der Waals surface area contributed by atoms with Crippen LogP contribution in [0.4, 0.5) is 0 Å². The molecule has 0 bridgehead atoms. The molecule has 0 radical (unpaired) electrons. The van der Waals surface area contributed by atoms with Crippen LogP contribution >= 0.6 is 0 Å². The van der Waals surface area contributed by atoms with Gasteiger partial charge in [0.2, 0.25) is 5.91 Å². The number of rotatable bonds is 4. The lowest BCUT2D eigenvalue weighted by Gasteiger charge is -2.44. The second-order valence-corrected chi connectivity index (χ2v) is 7.78. The van der Waals surface area contributed by atoms with Gasteiger partial charge in [-0.1, -0.05) is 30.3 Å². The van der Waals surface area contributed by atoms with E-state index in [1.54, 1.807) is 4.90 Å². The number of carbonyl (C=O) groups excluding carboxylic acids is 2. The van der Waals surface area contributed by atoms with Gasteiger partial charge in [-0.3, -0.25) is 9.59 Å². The first-order valence-electron chi connectivity index (χ1n) is 9.42. The first-order valence-corrected chi connectivity index (χ1v) is 9.42. The summed E-state index contributed by atoms with van der Waals surface area (Å²) in [5.74, 6) is -0.215. The number of piperidine rings is 1. The lowest BCUT2D eigenvalue weighted by Crippen LogP contribution is -2.60. The van der Waals surface area contributed by atoms with E-state index >= 15 is 0 Å². The third kappa shape index (κ3) is 3.91. The highest BCUT2D eigenvalue weighted by molar-refractivity contribution is 5.87. The fraction of sp³-hybridized carbons (Fsp3) is 0.600. The van der Waals surface area contributed by atoms with Gasteiger partial charge in [0.15, 0.2) is 6.10 Å². The van der Waals surface area contributed by atoms with Crippen molar-refractivity contribution in [1.29, 1.82) is 0 Å². The number of hydrogen-bond acceptors (Lipinski definition) is 4. The fourth-order valence-corrected chi connectivity index (χ4v) is 3.91. The second kappa shape index (κ2) is 7.76. The van der Waals surface area contributed by atoms with Gasteiger partial charge in [-0.05, 0) is 52.3 Å². The Balaban J connectivity index is 1.87. The van der Waals surface area contributed by atoms with Crippen molar-refractivity contribution in [2.75, 3.05) is 19.7 Å². The molecule has 2 saturated heterocycles. The number of hydrogen-bond donors (Lipinski definition) is 2. The smallest absolute Gasteiger partial charge is 0.252 e. The van der Waals surface area contributed by atoms with Crippen LogP contribution in [0.25, 0.3) is 0 Å². The topological polar surface area (TPSA) is 70.7 Å². The van der Waals surface area contributed by atoms with Gasteiger partial charge in [-0.15, -0.1) is 0 Å². The summed E-state index contributed by atoms with van der Waals surface area (Å²) in [6.45, 7) is 7.75. The SMILES string of the molecule is CC(C)N1C(=O)CO[C@H](C(=O)NC2(C)CCNCC2)[C@H]1c1ccccc1. The van der Waals surface area contributed by atoms with E-state index in [1.807, 2.05) is 44.2 Å². The van der Waals surface area contributed by atoms with Gasteiger partial charge in [0.05, 0.1) is 6.04 Å². The van der Waals surface area contributed by atoms with Gasteiger partial charge in [-0.25, -0.2) is 0 Å². The molecule has 6 nitrogen and oxygen atoms in total. The van der Waals surface area contributed by atoms with Crippen LogP contribution in [-0.4, -0.2) is 54.1 Å². The molecule has 2 heterocycles. The van der Waals surface area contributed by atoms with E-state index in [0.29, 0.717) is 0 Å². The van der Waals surface area contributed by atoms with E-state index in [9.17, 15) is 9.59 Å². The molecule has 142 valence electrons. The van der Waals surface area contributed by atoms with Gasteiger partial charge in [-0.2, -0.15) is 0 Å². The maximum atomic E-state index is 13.1. The summed E-state index contributed by atoms with van der Waals surface area (Å²) in [5, 5.41) is 6.52. The Morgan fingerprint density at radius 2 is 1.92 bits per heavy atom. The molecule has 1 aromatic rings. The number of benzene rings is 1. The number of carbonyl (C=O) groups is 2. The number of nitrogens with one attached hydrogen (secondary N) is 2. The average Bonchev–Trinajstić information content (AvgIpc) is 2.62. The highest BCUT2D eigenvalue weighted by Crippen LogP contribution is 2.32. The van der Waals surface area contributed by atoms with E-state index in [1.165, 1.54) is 0 Å². The largest absolute Gasteiger partial charge is 0.356 e. The summed E-state index contributed by atoms with van der Waals surface area (Å²) in [6, 6.07) is 9.26. The van der Waals surface area contributed by atoms with Crippen LogP contribution in [0.1, 0.15) is 45.2 Å². The molecule has 3 rings (SSSR count). The maximum Gasteiger partial charge on any atom is 0.252 e. The van der Waals surface area contributed by atoms with Crippen molar-refractivity contribution < 1.29 is 14.3 Å². The predicted molar refractivity (Wildman–Crippen MR) is 99.6 cm³/mol. The zero-order valence-electron chi connectivity index (χ0n) is 15.8. The van der Waals surface area contributed by atoms with Crippen LogP contribution in [0.5, 0.6) is 0 Å². The molecule has 0 spiro atoms. The lowest BCUT2D eigenvalue weighted by molar-refractivity contribution is -0.167. The molecule has 6 heteroatoms. The molecule has 1 aromatic carbocycles. The standard InChI is InChI=1S/C20H29N3O3/c1-14(2)23-16(24)13-26-18(17(23)15-7-5-4-6-8-15)19(25)22-20(3)9-11-21-12-10-20/h4-8,14,17-18,21H,9-13H2,1-3H3,(H,22,25)/t17-,18+/m1/s1. The van der Waals surface area contributed by atoms with E-state index < -0.39 is 12.1 Å². The van der Waals surface area contributed by atoms with Crippen molar-refractivity contribution in [2.45, 2.75) is 57.3 Å². The first-order chi connectivity index (χ1) is 12.4. The average molecular weight is 359 g/mol. The molecule has 0 aliphatic carbocycles.